The maximum Gasteiger partial charge on any atom is 0.309 e. The van der Waals surface area contributed by atoms with Crippen LogP contribution >= 0.6 is 0 Å². The maximum absolute atomic E-state index is 10.9. The summed E-state index contributed by atoms with van der Waals surface area (Å²) in [6.07, 6.45) is -2.44. The average Bonchev–Trinajstić information content (AvgIpc) is 2.68. The van der Waals surface area contributed by atoms with Gasteiger partial charge in [0.05, 0.1) is 20.1 Å². The Bertz CT molecular complexity index is 634. The Morgan fingerprint density at radius 1 is 1.22 bits per heavy atom. The van der Waals surface area contributed by atoms with Crippen LogP contribution in [0.15, 0.2) is 24.8 Å². The Kier molecular flexibility index (Phi) is 10.4. The van der Waals surface area contributed by atoms with E-state index in [0.717, 1.165) is 0 Å². The smallest absolute Gasteiger partial charge is 0.309 e. The predicted molar refractivity (Wildman–Crippen MR) is 94.8 cm³/mol. The van der Waals surface area contributed by atoms with Crippen LogP contribution in [0.2, 0.25) is 0 Å². The normalized spacial score (nSPS) is 28.4. The van der Waals surface area contributed by atoms with Gasteiger partial charge < -0.3 is 34.6 Å². The minimum Gasteiger partial charge on any atom is -0.469 e. The number of carbonyl (C=O) groups is 1. The first-order chi connectivity index (χ1) is 12.9. The Hall–Kier alpha value is -2.17. The highest BCUT2D eigenvalue weighted by molar-refractivity contribution is 5.70. The minimum absolute atomic E-state index is 0.176. The SMILES string of the molecule is C=CC(C#CC#CCC=CCC(=O)OC)OC1OC(CO)C(O)C(O)C1O. The molecule has 0 aromatic rings. The Labute approximate surface area is 158 Å². The van der Waals surface area contributed by atoms with Crippen LogP contribution in [-0.4, -0.2) is 76.9 Å². The molecule has 1 aliphatic heterocycles. The molecular weight excluding hydrogens is 356 g/mol. The first kappa shape index (κ1) is 22.9. The van der Waals surface area contributed by atoms with Crippen LogP contribution in [0.1, 0.15) is 12.8 Å². The lowest BCUT2D eigenvalue weighted by Crippen LogP contribution is -2.59. The largest absolute Gasteiger partial charge is 0.469 e. The molecule has 6 atom stereocenters. The minimum atomic E-state index is -1.53. The van der Waals surface area contributed by atoms with Crippen molar-refractivity contribution in [1.82, 2.24) is 0 Å². The van der Waals surface area contributed by atoms with E-state index in [9.17, 15) is 20.1 Å². The highest BCUT2D eigenvalue weighted by atomic mass is 16.7. The van der Waals surface area contributed by atoms with Crippen molar-refractivity contribution >= 4 is 5.97 Å². The van der Waals surface area contributed by atoms with Gasteiger partial charge in [-0.25, -0.2) is 0 Å². The topological polar surface area (TPSA) is 126 Å². The molecule has 0 amide bonds. The number of ether oxygens (including phenoxy) is 3. The molecule has 1 rings (SSSR count). The molecule has 4 N–H and O–H groups in total. The van der Waals surface area contributed by atoms with Gasteiger partial charge >= 0.3 is 5.97 Å². The first-order valence-electron chi connectivity index (χ1n) is 8.23. The molecule has 27 heavy (non-hydrogen) atoms. The summed E-state index contributed by atoms with van der Waals surface area (Å²) in [4.78, 5) is 10.9. The van der Waals surface area contributed by atoms with Crippen molar-refractivity contribution in [3.63, 3.8) is 0 Å². The van der Waals surface area contributed by atoms with Crippen molar-refractivity contribution in [3.05, 3.63) is 24.8 Å². The molecule has 0 bridgehead atoms. The first-order valence-corrected chi connectivity index (χ1v) is 8.23. The molecule has 1 aliphatic rings. The second kappa shape index (κ2) is 12.3. The number of rotatable bonds is 7. The summed E-state index contributed by atoms with van der Waals surface area (Å²) in [5.74, 6) is 10.2. The fourth-order valence-corrected chi connectivity index (χ4v) is 2.08. The van der Waals surface area contributed by atoms with Gasteiger partial charge in [0.25, 0.3) is 0 Å². The monoisotopic (exact) mass is 380 g/mol. The van der Waals surface area contributed by atoms with Crippen LogP contribution in [0.25, 0.3) is 0 Å². The molecule has 8 nitrogen and oxygen atoms in total. The second-order valence-corrected chi connectivity index (χ2v) is 5.52. The molecule has 0 radical (unpaired) electrons. The van der Waals surface area contributed by atoms with E-state index in [0.29, 0.717) is 6.42 Å². The van der Waals surface area contributed by atoms with E-state index < -0.39 is 43.4 Å². The Morgan fingerprint density at radius 3 is 2.59 bits per heavy atom. The fraction of sp³-hybridized carbons (Fsp3) is 0.526. The van der Waals surface area contributed by atoms with Crippen molar-refractivity contribution in [1.29, 1.82) is 0 Å². The van der Waals surface area contributed by atoms with E-state index in [-0.39, 0.29) is 12.4 Å². The van der Waals surface area contributed by atoms with Crippen molar-refractivity contribution in [3.8, 4) is 23.7 Å². The summed E-state index contributed by atoms with van der Waals surface area (Å²) < 4.78 is 15.1. The molecule has 1 fully saturated rings. The third-order valence-corrected chi connectivity index (χ3v) is 3.61. The van der Waals surface area contributed by atoms with Crippen LogP contribution in [0.5, 0.6) is 0 Å². The lowest BCUT2D eigenvalue weighted by molar-refractivity contribution is -0.303. The molecule has 148 valence electrons. The number of hydrogen-bond donors (Lipinski definition) is 4. The summed E-state index contributed by atoms with van der Waals surface area (Å²) in [6.45, 7) is 3.01. The Balaban J connectivity index is 2.56. The van der Waals surface area contributed by atoms with Gasteiger partial charge in [0.15, 0.2) is 6.29 Å². The average molecular weight is 380 g/mol. The van der Waals surface area contributed by atoms with Crippen LogP contribution < -0.4 is 0 Å². The van der Waals surface area contributed by atoms with Gasteiger partial charge in [-0.05, 0) is 11.8 Å². The molecule has 0 spiro atoms. The molecule has 0 aromatic heterocycles. The molecular formula is C19H24O8. The number of allylic oxidation sites excluding steroid dienone is 1. The van der Waals surface area contributed by atoms with E-state index in [4.69, 9.17) is 14.6 Å². The van der Waals surface area contributed by atoms with Crippen molar-refractivity contribution in [2.24, 2.45) is 0 Å². The summed E-state index contributed by atoms with van der Waals surface area (Å²) in [6, 6.07) is 0. The summed E-state index contributed by atoms with van der Waals surface area (Å²) in [5.41, 5.74) is 0. The molecule has 1 heterocycles. The Morgan fingerprint density at radius 2 is 1.96 bits per heavy atom. The van der Waals surface area contributed by atoms with Gasteiger partial charge in [-0.3, -0.25) is 4.79 Å². The zero-order valence-corrected chi connectivity index (χ0v) is 14.9. The summed E-state index contributed by atoms with van der Waals surface area (Å²) in [5, 5.41) is 38.5. The molecule has 8 heteroatoms. The number of esters is 1. The molecule has 0 aromatic carbocycles. The fourth-order valence-electron chi connectivity index (χ4n) is 2.08. The zero-order valence-electron chi connectivity index (χ0n) is 14.9. The van der Waals surface area contributed by atoms with E-state index in [1.807, 2.05) is 0 Å². The lowest BCUT2D eigenvalue weighted by Gasteiger charge is -2.40. The maximum atomic E-state index is 10.9. The number of carbonyl (C=O) groups excluding carboxylic acids is 1. The highest BCUT2D eigenvalue weighted by Gasteiger charge is 2.44. The van der Waals surface area contributed by atoms with Crippen LogP contribution in [0.3, 0.4) is 0 Å². The second-order valence-electron chi connectivity index (χ2n) is 5.52. The van der Waals surface area contributed by atoms with Crippen LogP contribution in [0, 0.1) is 23.7 Å². The van der Waals surface area contributed by atoms with Crippen molar-refractivity contribution in [2.45, 2.75) is 49.7 Å². The van der Waals surface area contributed by atoms with E-state index >= 15 is 0 Å². The van der Waals surface area contributed by atoms with Crippen molar-refractivity contribution in [2.75, 3.05) is 13.7 Å². The zero-order chi connectivity index (χ0) is 20.2. The summed E-state index contributed by atoms with van der Waals surface area (Å²) in [7, 11) is 1.31. The quantitative estimate of drug-likeness (QED) is 0.248. The highest BCUT2D eigenvalue weighted by Crippen LogP contribution is 2.22. The predicted octanol–water partition coefficient (Wildman–Crippen LogP) is -1.13. The number of aliphatic hydroxyl groups excluding tert-OH is 4. The molecule has 6 unspecified atom stereocenters. The van der Waals surface area contributed by atoms with Crippen molar-refractivity contribution < 1.29 is 39.4 Å². The lowest BCUT2D eigenvalue weighted by atomic mass is 9.99. The standard InChI is InChI=1S/C19H24O8/c1-3-13(10-8-6-4-5-7-9-11-15(21)25-2)26-19-18(24)17(23)16(22)14(12-20)27-19/h3,7,9,13-14,16-20,22-24H,1,5,11-12H2,2H3. The van der Waals surface area contributed by atoms with E-state index in [2.05, 4.69) is 35.0 Å². The molecule has 1 saturated heterocycles. The van der Waals surface area contributed by atoms with Crippen LogP contribution in [-0.2, 0) is 19.0 Å². The number of hydrogen-bond acceptors (Lipinski definition) is 8. The molecule has 0 saturated carbocycles. The third kappa shape index (κ3) is 7.53. The van der Waals surface area contributed by atoms with E-state index in [1.165, 1.54) is 13.2 Å². The van der Waals surface area contributed by atoms with Gasteiger partial charge in [-0.1, -0.05) is 36.6 Å². The third-order valence-electron chi connectivity index (χ3n) is 3.61. The summed E-state index contributed by atoms with van der Waals surface area (Å²) >= 11 is 0. The molecule has 0 aliphatic carbocycles. The van der Waals surface area contributed by atoms with Gasteiger partial charge in [0.1, 0.15) is 30.5 Å². The number of aliphatic hydroxyl groups is 4. The van der Waals surface area contributed by atoms with Crippen LogP contribution in [0.4, 0.5) is 0 Å². The number of methoxy groups -OCH3 is 1. The van der Waals surface area contributed by atoms with Gasteiger partial charge in [0.2, 0.25) is 0 Å². The van der Waals surface area contributed by atoms with Gasteiger partial charge in [-0.15, -0.1) is 0 Å². The van der Waals surface area contributed by atoms with Gasteiger partial charge in [0, 0.05) is 6.42 Å². The van der Waals surface area contributed by atoms with E-state index in [1.54, 1.807) is 12.2 Å². The van der Waals surface area contributed by atoms with Gasteiger partial charge in [-0.2, -0.15) is 0 Å².